The van der Waals surface area contributed by atoms with E-state index in [9.17, 15) is 4.79 Å². The summed E-state index contributed by atoms with van der Waals surface area (Å²) in [5.41, 5.74) is 6.49. The fourth-order valence-corrected chi connectivity index (χ4v) is 3.21. The van der Waals surface area contributed by atoms with Gasteiger partial charge in [-0.3, -0.25) is 4.79 Å². The fraction of sp³-hybridized carbons (Fsp3) is 0.412. The van der Waals surface area contributed by atoms with Gasteiger partial charge in [0.15, 0.2) is 0 Å². The van der Waals surface area contributed by atoms with E-state index in [-0.39, 0.29) is 11.9 Å². The number of carbonyl (C=O) groups excluding carboxylic acids is 1. The van der Waals surface area contributed by atoms with E-state index in [0.29, 0.717) is 23.2 Å². The first-order valence-electron chi connectivity index (χ1n) is 7.52. The van der Waals surface area contributed by atoms with E-state index in [4.69, 9.17) is 5.73 Å². The summed E-state index contributed by atoms with van der Waals surface area (Å²) in [4.78, 5) is 16.7. The molecule has 0 bridgehead atoms. The summed E-state index contributed by atoms with van der Waals surface area (Å²) in [6.07, 6.45) is 3.80. The molecule has 1 aliphatic rings. The number of aromatic nitrogens is 1. The first kappa shape index (κ1) is 13.9. The minimum atomic E-state index is -0.0513. The van der Waals surface area contributed by atoms with Crippen molar-refractivity contribution < 1.29 is 4.79 Å². The Balaban J connectivity index is 1.90. The molecular formula is C17H21N3O. The zero-order chi connectivity index (χ0) is 15.0. The van der Waals surface area contributed by atoms with Crippen LogP contribution in [-0.4, -0.2) is 16.9 Å². The summed E-state index contributed by atoms with van der Waals surface area (Å²) < 4.78 is 0. The molecule has 110 valence electrons. The first-order chi connectivity index (χ1) is 10.1. The Labute approximate surface area is 124 Å². The Kier molecular flexibility index (Phi) is 3.53. The first-order valence-corrected chi connectivity index (χ1v) is 7.52. The Hall–Kier alpha value is -2.10. The third kappa shape index (κ3) is 2.46. The van der Waals surface area contributed by atoms with E-state index in [2.05, 4.69) is 24.1 Å². The van der Waals surface area contributed by atoms with E-state index in [0.717, 1.165) is 17.2 Å². The standard InChI is InChI=1S/C17H21N3O/c1-10-7-8-15(11(10)2)20-17(21)14-9-19-16(18)13-6-4-3-5-12(13)14/h3-6,9-11,15H,7-8H2,1-2H3,(H2,18,19)(H,20,21). The molecule has 0 spiro atoms. The van der Waals surface area contributed by atoms with Crippen LogP contribution in [-0.2, 0) is 0 Å². The van der Waals surface area contributed by atoms with Crippen LogP contribution >= 0.6 is 0 Å². The molecule has 3 rings (SSSR count). The van der Waals surface area contributed by atoms with E-state index in [1.54, 1.807) is 6.20 Å². The molecule has 4 heteroatoms. The predicted octanol–water partition coefficient (Wildman–Crippen LogP) is 2.98. The Morgan fingerprint density at radius 2 is 1.95 bits per heavy atom. The lowest BCUT2D eigenvalue weighted by Gasteiger charge is -2.20. The Morgan fingerprint density at radius 3 is 2.62 bits per heavy atom. The fourth-order valence-electron chi connectivity index (χ4n) is 3.21. The highest BCUT2D eigenvalue weighted by Crippen LogP contribution is 2.31. The highest BCUT2D eigenvalue weighted by molar-refractivity contribution is 6.09. The largest absolute Gasteiger partial charge is 0.383 e. The van der Waals surface area contributed by atoms with Crippen LogP contribution in [0.3, 0.4) is 0 Å². The molecule has 1 aliphatic carbocycles. The van der Waals surface area contributed by atoms with E-state index in [1.165, 1.54) is 6.42 Å². The minimum absolute atomic E-state index is 0.0513. The van der Waals surface area contributed by atoms with Gasteiger partial charge in [-0.15, -0.1) is 0 Å². The highest BCUT2D eigenvalue weighted by Gasteiger charge is 2.31. The number of nitrogens with one attached hydrogen (secondary N) is 1. The summed E-state index contributed by atoms with van der Waals surface area (Å²) in [5.74, 6) is 1.59. The molecule has 1 saturated carbocycles. The van der Waals surface area contributed by atoms with Crippen molar-refractivity contribution in [2.75, 3.05) is 5.73 Å². The molecule has 1 aromatic carbocycles. The van der Waals surface area contributed by atoms with Gasteiger partial charge in [0.1, 0.15) is 5.82 Å². The number of nitrogen functional groups attached to an aromatic ring is 1. The van der Waals surface area contributed by atoms with Gasteiger partial charge in [-0.05, 0) is 30.1 Å². The van der Waals surface area contributed by atoms with Crippen LogP contribution in [0.2, 0.25) is 0 Å². The second kappa shape index (κ2) is 5.35. The average Bonchev–Trinajstić information content (AvgIpc) is 2.80. The zero-order valence-electron chi connectivity index (χ0n) is 12.5. The summed E-state index contributed by atoms with van der Waals surface area (Å²) in [5, 5.41) is 4.86. The molecule has 0 saturated heterocycles. The van der Waals surface area contributed by atoms with Crippen LogP contribution in [0.25, 0.3) is 10.8 Å². The van der Waals surface area contributed by atoms with E-state index in [1.807, 2.05) is 24.3 Å². The molecule has 1 heterocycles. The number of benzene rings is 1. The monoisotopic (exact) mass is 283 g/mol. The van der Waals surface area contributed by atoms with Gasteiger partial charge in [0.25, 0.3) is 5.91 Å². The van der Waals surface area contributed by atoms with Gasteiger partial charge < -0.3 is 11.1 Å². The van der Waals surface area contributed by atoms with Crippen molar-refractivity contribution in [3.63, 3.8) is 0 Å². The van der Waals surface area contributed by atoms with Crippen LogP contribution < -0.4 is 11.1 Å². The van der Waals surface area contributed by atoms with Crippen LogP contribution in [0.15, 0.2) is 30.5 Å². The van der Waals surface area contributed by atoms with Crippen molar-refractivity contribution in [2.45, 2.75) is 32.7 Å². The smallest absolute Gasteiger partial charge is 0.253 e. The lowest BCUT2D eigenvalue weighted by atomic mass is 9.97. The number of fused-ring (bicyclic) bond motifs is 1. The van der Waals surface area contributed by atoms with E-state index >= 15 is 0 Å². The zero-order valence-corrected chi connectivity index (χ0v) is 12.5. The number of rotatable bonds is 2. The minimum Gasteiger partial charge on any atom is -0.383 e. The molecule has 1 aromatic heterocycles. The molecule has 0 radical (unpaired) electrons. The summed E-state index contributed by atoms with van der Waals surface area (Å²) in [6, 6.07) is 7.89. The number of amides is 1. The van der Waals surface area contributed by atoms with Gasteiger partial charge >= 0.3 is 0 Å². The molecule has 4 nitrogen and oxygen atoms in total. The Bertz CT molecular complexity index is 683. The van der Waals surface area contributed by atoms with Gasteiger partial charge in [-0.2, -0.15) is 0 Å². The molecule has 21 heavy (non-hydrogen) atoms. The van der Waals surface area contributed by atoms with Crippen LogP contribution in [0.1, 0.15) is 37.0 Å². The quantitative estimate of drug-likeness (QED) is 0.890. The maximum absolute atomic E-state index is 12.6. The highest BCUT2D eigenvalue weighted by atomic mass is 16.1. The maximum Gasteiger partial charge on any atom is 0.253 e. The third-order valence-corrected chi connectivity index (χ3v) is 4.85. The van der Waals surface area contributed by atoms with E-state index < -0.39 is 0 Å². The lowest BCUT2D eigenvalue weighted by Crippen LogP contribution is -2.37. The molecule has 1 fully saturated rings. The predicted molar refractivity (Wildman–Crippen MR) is 85.0 cm³/mol. The number of pyridine rings is 1. The van der Waals surface area contributed by atoms with Crippen molar-refractivity contribution >= 4 is 22.5 Å². The van der Waals surface area contributed by atoms with Crippen LogP contribution in [0.5, 0.6) is 0 Å². The number of hydrogen-bond acceptors (Lipinski definition) is 3. The summed E-state index contributed by atoms with van der Waals surface area (Å²) in [6.45, 7) is 4.46. The molecule has 3 atom stereocenters. The number of nitrogens with two attached hydrogens (primary N) is 1. The second-order valence-corrected chi connectivity index (χ2v) is 6.10. The Morgan fingerprint density at radius 1 is 1.24 bits per heavy atom. The summed E-state index contributed by atoms with van der Waals surface area (Å²) >= 11 is 0. The van der Waals surface area contributed by atoms with Crippen molar-refractivity contribution in [3.8, 4) is 0 Å². The topological polar surface area (TPSA) is 68.0 Å². The van der Waals surface area contributed by atoms with Crippen LogP contribution in [0, 0.1) is 11.8 Å². The number of anilines is 1. The van der Waals surface area contributed by atoms with Crippen molar-refractivity contribution in [3.05, 3.63) is 36.0 Å². The summed E-state index contributed by atoms with van der Waals surface area (Å²) in [7, 11) is 0. The molecule has 3 N–H and O–H groups in total. The molecule has 2 aromatic rings. The molecule has 3 unspecified atom stereocenters. The van der Waals surface area contributed by atoms with Crippen molar-refractivity contribution in [1.29, 1.82) is 0 Å². The number of hydrogen-bond donors (Lipinski definition) is 2. The normalized spacial score (nSPS) is 25.1. The van der Waals surface area contributed by atoms with Gasteiger partial charge in [-0.25, -0.2) is 4.98 Å². The van der Waals surface area contributed by atoms with Crippen molar-refractivity contribution in [1.82, 2.24) is 10.3 Å². The van der Waals surface area contributed by atoms with Gasteiger partial charge in [0.2, 0.25) is 0 Å². The maximum atomic E-state index is 12.6. The van der Waals surface area contributed by atoms with Gasteiger partial charge in [0.05, 0.1) is 5.56 Å². The number of nitrogens with zero attached hydrogens (tertiary/aromatic N) is 1. The third-order valence-electron chi connectivity index (χ3n) is 4.85. The van der Waals surface area contributed by atoms with Gasteiger partial charge in [-0.1, -0.05) is 38.1 Å². The van der Waals surface area contributed by atoms with Crippen molar-refractivity contribution in [2.24, 2.45) is 11.8 Å². The molecule has 1 amide bonds. The lowest BCUT2D eigenvalue weighted by molar-refractivity contribution is 0.0929. The number of carbonyl (C=O) groups is 1. The molecular weight excluding hydrogens is 262 g/mol. The van der Waals surface area contributed by atoms with Gasteiger partial charge in [0, 0.05) is 17.6 Å². The SMILES string of the molecule is CC1CCC(NC(=O)c2cnc(N)c3ccccc23)C1C. The average molecular weight is 283 g/mol. The second-order valence-electron chi connectivity index (χ2n) is 6.10. The molecule has 0 aliphatic heterocycles. The van der Waals surface area contributed by atoms with Crippen LogP contribution in [0.4, 0.5) is 5.82 Å².